The third kappa shape index (κ3) is 3.18. The number of carbonyl (C=O) groups is 1. The quantitative estimate of drug-likeness (QED) is 0.872. The van der Waals surface area contributed by atoms with Crippen LogP contribution >= 0.6 is 0 Å². The first-order valence-corrected chi connectivity index (χ1v) is 7.70. The normalized spacial score (nSPS) is 25.4. The highest BCUT2D eigenvalue weighted by atomic mass is 16.6. The van der Waals surface area contributed by atoms with Crippen LogP contribution < -0.4 is 20.1 Å². The van der Waals surface area contributed by atoms with Crippen molar-refractivity contribution in [2.24, 2.45) is 0 Å². The maximum absolute atomic E-state index is 12.4. The molecule has 0 aliphatic carbocycles. The summed E-state index contributed by atoms with van der Waals surface area (Å²) >= 11 is 0. The van der Waals surface area contributed by atoms with Crippen LogP contribution in [0.15, 0.2) is 18.2 Å². The molecule has 1 aromatic rings. The number of fused-ring (bicyclic) bond motifs is 1. The number of ether oxygens (including phenoxy) is 3. The Labute approximate surface area is 130 Å². The zero-order valence-corrected chi connectivity index (χ0v) is 12.9. The third-order valence-corrected chi connectivity index (χ3v) is 4.02. The van der Waals surface area contributed by atoms with Gasteiger partial charge in [-0.2, -0.15) is 0 Å². The largest absolute Gasteiger partial charge is 0.486 e. The second-order valence-corrected chi connectivity index (χ2v) is 5.64. The number of nitrogens with one attached hydrogen (secondary N) is 2. The fourth-order valence-corrected chi connectivity index (χ4v) is 2.74. The van der Waals surface area contributed by atoms with Crippen molar-refractivity contribution in [3.63, 3.8) is 0 Å². The molecule has 1 aromatic carbocycles. The van der Waals surface area contributed by atoms with Gasteiger partial charge in [0, 0.05) is 6.54 Å². The average molecular weight is 306 g/mol. The first-order chi connectivity index (χ1) is 10.6. The van der Waals surface area contributed by atoms with Gasteiger partial charge in [-0.3, -0.25) is 4.79 Å². The number of benzene rings is 1. The molecule has 1 unspecified atom stereocenters. The summed E-state index contributed by atoms with van der Waals surface area (Å²) in [6.45, 7) is 6.33. The van der Waals surface area contributed by atoms with Gasteiger partial charge >= 0.3 is 0 Å². The maximum atomic E-state index is 12.4. The van der Waals surface area contributed by atoms with Crippen molar-refractivity contribution in [2.75, 3.05) is 26.4 Å². The van der Waals surface area contributed by atoms with Gasteiger partial charge in [-0.1, -0.05) is 6.07 Å². The minimum Gasteiger partial charge on any atom is -0.486 e. The van der Waals surface area contributed by atoms with E-state index in [4.69, 9.17) is 14.2 Å². The minimum atomic E-state index is -0.312. The van der Waals surface area contributed by atoms with E-state index in [1.807, 2.05) is 32.0 Å². The second-order valence-electron chi connectivity index (χ2n) is 5.64. The van der Waals surface area contributed by atoms with Gasteiger partial charge in [0.15, 0.2) is 11.5 Å². The molecule has 0 bridgehead atoms. The molecule has 2 heterocycles. The molecule has 0 aromatic heterocycles. The van der Waals surface area contributed by atoms with Gasteiger partial charge in [-0.25, -0.2) is 0 Å². The number of hydrogen-bond acceptors (Lipinski definition) is 5. The molecule has 6 heteroatoms. The molecule has 22 heavy (non-hydrogen) atoms. The molecule has 0 saturated carbocycles. The van der Waals surface area contributed by atoms with Crippen LogP contribution in [0.1, 0.15) is 25.5 Å². The van der Waals surface area contributed by atoms with Gasteiger partial charge in [0.05, 0.1) is 18.8 Å². The Balaban J connectivity index is 1.66. The highest BCUT2D eigenvalue weighted by Gasteiger charge is 2.29. The summed E-state index contributed by atoms with van der Waals surface area (Å²) in [7, 11) is 0. The van der Waals surface area contributed by atoms with E-state index in [1.54, 1.807) is 0 Å². The molecule has 2 aliphatic rings. The Bertz CT molecular complexity index is 549. The van der Waals surface area contributed by atoms with Gasteiger partial charge in [0.1, 0.15) is 19.3 Å². The van der Waals surface area contributed by atoms with Crippen LogP contribution in [0.5, 0.6) is 11.5 Å². The summed E-state index contributed by atoms with van der Waals surface area (Å²) < 4.78 is 16.6. The lowest BCUT2D eigenvalue weighted by molar-refractivity contribution is -0.129. The van der Waals surface area contributed by atoms with E-state index < -0.39 is 0 Å². The molecule has 1 fully saturated rings. The van der Waals surface area contributed by atoms with E-state index in [0.29, 0.717) is 26.4 Å². The zero-order valence-electron chi connectivity index (χ0n) is 12.9. The highest BCUT2D eigenvalue weighted by Crippen LogP contribution is 2.32. The van der Waals surface area contributed by atoms with Gasteiger partial charge in [0.25, 0.3) is 0 Å². The third-order valence-electron chi connectivity index (χ3n) is 4.02. The number of rotatable bonds is 3. The van der Waals surface area contributed by atoms with E-state index in [9.17, 15) is 4.79 Å². The smallest absolute Gasteiger partial charge is 0.240 e. The van der Waals surface area contributed by atoms with E-state index >= 15 is 0 Å². The summed E-state index contributed by atoms with van der Waals surface area (Å²) in [6.07, 6.45) is -0.124. The molecule has 6 nitrogen and oxygen atoms in total. The molecule has 1 amide bonds. The van der Waals surface area contributed by atoms with Gasteiger partial charge in [-0.15, -0.1) is 0 Å². The Hall–Kier alpha value is -1.79. The SMILES string of the molecule is CC(NC(=O)[C@H]1NCCO[C@@H]1C)c1ccc2c(c1)OCCO2. The average Bonchev–Trinajstić information content (AvgIpc) is 2.54. The van der Waals surface area contributed by atoms with Crippen molar-refractivity contribution >= 4 is 5.91 Å². The molecule has 3 rings (SSSR count). The van der Waals surface area contributed by atoms with Crippen molar-refractivity contribution in [2.45, 2.75) is 32.0 Å². The topological polar surface area (TPSA) is 68.8 Å². The van der Waals surface area contributed by atoms with Crippen LogP contribution in [0.3, 0.4) is 0 Å². The molecular formula is C16H22N2O4. The number of hydrogen-bond donors (Lipinski definition) is 2. The summed E-state index contributed by atoms with van der Waals surface area (Å²) in [6, 6.07) is 5.34. The lowest BCUT2D eigenvalue weighted by Gasteiger charge is -2.30. The van der Waals surface area contributed by atoms with Crippen molar-refractivity contribution in [1.29, 1.82) is 0 Å². The first kappa shape index (κ1) is 15.1. The molecule has 2 aliphatic heterocycles. The monoisotopic (exact) mass is 306 g/mol. The second kappa shape index (κ2) is 6.54. The number of carbonyl (C=O) groups excluding carboxylic acids is 1. The standard InChI is InChI=1S/C16H22N2O4/c1-10(18-16(19)15-11(2)20-6-5-17-15)12-3-4-13-14(9-12)22-8-7-21-13/h3-4,9-11,15,17H,5-8H2,1-2H3,(H,18,19)/t10?,11-,15+/m1/s1. The Morgan fingerprint density at radius 2 is 2.05 bits per heavy atom. The van der Waals surface area contributed by atoms with Crippen LogP contribution in [0, 0.1) is 0 Å². The van der Waals surface area contributed by atoms with Gasteiger partial charge in [-0.05, 0) is 31.5 Å². The summed E-state index contributed by atoms with van der Waals surface area (Å²) in [4.78, 5) is 12.4. The van der Waals surface area contributed by atoms with E-state index in [2.05, 4.69) is 10.6 Å². The van der Waals surface area contributed by atoms with Crippen LogP contribution in [0.25, 0.3) is 0 Å². The van der Waals surface area contributed by atoms with Gasteiger partial charge < -0.3 is 24.8 Å². The Kier molecular flexibility index (Phi) is 4.49. The van der Waals surface area contributed by atoms with E-state index in [0.717, 1.165) is 17.1 Å². The van der Waals surface area contributed by atoms with Crippen molar-refractivity contribution in [3.05, 3.63) is 23.8 Å². The maximum Gasteiger partial charge on any atom is 0.240 e. The molecule has 1 saturated heterocycles. The summed E-state index contributed by atoms with van der Waals surface area (Å²) in [5.74, 6) is 1.44. The lowest BCUT2D eigenvalue weighted by atomic mass is 10.1. The lowest BCUT2D eigenvalue weighted by Crippen LogP contribution is -2.55. The number of amides is 1. The van der Waals surface area contributed by atoms with Gasteiger partial charge in [0.2, 0.25) is 5.91 Å². The van der Waals surface area contributed by atoms with E-state index in [-0.39, 0.29) is 24.1 Å². The highest BCUT2D eigenvalue weighted by molar-refractivity contribution is 5.83. The van der Waals surface area contributed by atoms with Crippen LogP contribution in [-0.4, -0.2) is 44.4 Å². The Morgan fingerprint density at radius 1 is 1.27 bits per heavy atom. The molecule has 3 atom stereocenters. The minimum absolute atomic E-state index is 0.0467. The van der Waals surface area contributed by atoms with Crippen LogP contribution in [-0.2, 0) is 9.53 Å². The predicted octanol–water partition coefficient (Wildman–Crippen LogP) is 1.01. The summed E-state index contributed by atoms with van der Waals surface area (Å²) in [5.41, 5.74) is 0.988. The van der Waals surface area contributed by atoms with Crippen molar-refractivity contribution < 1.29 is 19.0 Å². The first-order valence-electron chi connectivity index (χ1n) is 7.70. The van der Waals surface area contributed by atoms with E-state index in [1.165, 1.54) is 0 Å². The van der Waals surface area contributed by atoms with Crippen molar-refractivity contribution in [1.82, 2.24) is 10.6 Å². The number of morpholine rings is 1. The zero-order chi connectivity index (χ0) is 15.5. The molecule has 120 valence electrons. The molecule has 2 N–H and O–H groups in total. The van der Waals surface area contributed by atoms with Crippen LogP contribution in [0.4, 0.5) is 0 Å². The molecule has 0 spiro atoms. The van der Waals surface area contributed by atoms with Crippen molar-refractivity contribution in [3.8, 4) is 11.5 Å². The van der Waals surface area contributed by atoms with Crippen LogP contribution in [0.2, 0.25) is 0 Å². The fraction of sp³-hybridized carbons (Fsp3) is 0.562. The molecular weight excluding hydrogens is 284 g/mol. The molecule has 0 radical (unpaired) electrons. The Morgan fingerprint density at radius 3 is 2.82 bits per heavy atom. The fourth-order valence-electron chi connectivity index (χ4n) is 2.74. The summed E-state index contributed by atoms with van der Waals surface area (Å²) in [5, 5.41) is 6.22. The predicted molar refractivity (Wildman–Crippen MR) is 81.2 cm³/mol.